The zero-order valence-corrected chi connectivity index (χ0v) is 8.45. The number of nitrogens with zero attached hydrogens (tertiary/aromatic N) is 3. The molecular weight excluding hydrogens is 241 g/mol. The molecule has 1 heterocycles. The minimum atomic E-state index is 0.459. The molecule has 0 aliphatic carbocycles. The van der Waals surface area contributed by atoms with Gasteiger partial charge in [-0.3, -0.25) is 0 Å². The van der Waals surface area contributed by atoms with Gasteiger partial charge in [0.05, 0.1) is 0 Å². The van der Waals surface area contributed by atoms with Crippen LogP contribution in [0.1, 0.15) is 25.6 Å². The van der Waals surface area contributed by atoms with E-state index in [1.54, 1.807) is 0 Å². The zero-order valence-electron chi connectivity index (χ0n) is 6.30. The van der Waals surface area contributed by atoms with E-state index >= 15 is 0 Å². The summed E-state index contributed by atoms with van der Waals surface area (Å²) in [4.78, 5) is 0. The largest absolute Gasteiger partial charge is 0.309 e. The molecule has 0 aliphatic rings. The molecule has 1 aromatic heterocycles. The van der Waals surface area contributed by atoms with Crippen molar-refractivity contribution in [1.29, 1.82) is 0 Å². The SMILES string of the molecule is CC(C)c1nnc(I)n1C. The van der Waals surface area contributed by atoms with Crippen molar-refractivity contribution in [2.24, 2.45) is 7.05 Å². The Bertz CT molecular complexity index is 229. The van der Waals surface area contributed by atoms with Gasteiger partial charge in [-0.1, -0.05) is 13.8 Å². The van der Waals surface area contributed by atoms with E-state index in [0.717, 1.165) is 9.66 Å². The van der Waals surface area contributed by atoms with Crippen molar-refractivity contribution in [3.05, 3.63) is 9.66 Å². The Kier molecular flexibility index (Phi) is 2.28. The third-order valence-corrected chi connectivity index (χ3v) is 2.31. The van der Waals surface area contributed by atoms with Gasteiger partial charge in [-0.05, 0) is 0 Å². The van der Waals surface area contributed by atoms with Crippen LogP contribution in [0.25, 0.3) is 0 Å². The first-order chi connectivity index (χ1) is 4.63. The molecule has 0 unspecified atom stereocenters. The quantitative estimate of drug-likeness (QED) is 0.709. The second-order valence-electron chi connectivity index (χ2n) is 2.54. The van der Waals surface area contributed by atoms with Gasteiger partial charge in [0.2, 0.25) is 0 Å². The smallest absolute Gasteiger partial charge is 0.194 e. The van der Waals surface area contributed by atoms with Crippen LogP contribution in [0.5, 0.6) is 0 Å². The van der Waals surface area contributed by atoms with E-state index in [1.807, 2.05) is 11.6 Å². The summed E-state index contributed by atoms with van der Waals surface area (Å²) in [5.74, 6) is 1.51. The first-order valence-electron chi connectivity index (χ1n) is 3.17. The fourth-order valence-corrected chi connectivity index (χ4v) is 1.18. The van der Waals surface area contributed by atoms with E-state index < -0.39 is 0 Å². The second-order valence-corrected chi connectivity index (χ2v) is 3.51. The van der Waals surface area contributed by atoms with E-state index in [9.17, 15) is 0 Å². The monoisotopic (exact) mass is 251 g/mol. The summed E-state index contributed by atoms with van der Waals surface area (Å²) in [5.41, 5.74) is 0. The molecule has 0 saturated heterocycles. The average Bonchev–Trinajstić information content (AvgIpc) is 2.14. The summed E-state index contributed by atoms with van der Waals surface area (Å²) in [6.07, 6.45) is 0. The summed E-state index contributed by atoms with van der Waals surface area (Å²) in [6.45, 7) is 4.22. The number of hydrogen-bond donors (Lipinski definition) is 0. The molecule has 0 fully saturated rings. The van der Waals surface area contributed by atoms with E-state index in [4.69, 9.17) is 0 Å². The Hall–Kier alpha value is -0.130. The molecule has 0 atom stereocenters. The van der Waals surface area contributed by atoms with Crippen molar-refractivity contribution < 1.29 is 0 Å². The van der Waals surface area contributed by atoms with Crippen LogP contribution in [-0.2, 0) is 7.05 Å². The van der Waals surface area contributed by atoms with Crippen LogP contribution in [0.2, 0.25) is 0 Å². The third-order valence-electron chi connectivity index (χ3n) is 1.37. The molecule has 1 aromatic rings. The number of hydrogen-bond acceptors (Lipinski definition) is 2. The summed E-state index contributed by atoms with van der Waals surface area (Å²) in [7, 11) is 1.98. The minimum Gasteiger partial charge on any atom is -0.309 e. The van der Waals surface area contributed by atoms with Gasteiger partial charge in [0.25, 0.3) is 0 Å². The molecule has 0 amide bonds. The van der Waals surface area contributed by atoms with Crippen LogP contribution in [-0.4, -0.2) is 14.8 Å². The lowest BCUT2D eigenvalue weighted by Crippen LogP contribution is -2.00. The van der Waals surface area contributed by atoms with Crippen LogP contribution in [0.4, 0.5) is 0 Å². The standard InChI is InChI=1S/C6H10IN3/c1-4(2)5-8-9-6(7)10(5)3/h4H,1-3H3. The Morgan fingerprint density at radius 2 is 2.00 bits per heavy atom. The van der Waals surface area contributed by atoms with Gasteiger partial charge in [0.1, 0.15) is 5.82 Å². The topological polar surface area (TPSA) is 30.7 Å². The van der Waals surface area contributed by atoms with Crippen LogP contribution in [0.3, 0.4) is 0 Å². The van der Waals surface area contributed by atoms with E-state index in [0.29, 0.717) is 5.92 Å². The molecule has 0 radical (unpaired) electrons. The molecule has 0 aliphatic heterocycles. The Morgan fingerprint density at radius 1 is 1.40 bits per heavy atom. The molecule has 0 spiro atoms. The van der Waals surface area contributed by atoms with Crippen LogP contribution < -0.4 is 0 Å². The summed E-state index contributed by atoms with van der Waals surface area (Å²) >= 11 is 2.17. The van der Waals surface area contributed by atoms with E-state index in [-0.39, 0.29) is 0 Å². The fourth-order valence-electron chi connectivity index (χ4n) is 0.824. The predicted octanol–water partition coefficient (Wildman–Crippen LogP) is 1.54. The number of halogens is 1. The maximum absolute atomic E-state index is 4.02. The zero-order chi connectivity index (χ0) is 7.72. The Labute approximate surface area is 74.0 Å². The van der Waals surface area contributed by atoms with Crippen LogP contribution in [0, 0.1) is 3.83 Å². The maximum Gasteiger partial charge on any atom is 0.194 e. The van der Waals surface area contributed by atoms with Crippen molar-refractivity contribution in [2.45, 2.75) is 19.8 Å². The van der Waals surface area contributed by atoms with Gasteiger partial charge in [-0.25, -0.2) is 0 Å². The Morgan fingerprint density at radius 3 is 2.20 bits per heavy atom. The second kappa shape index (κ2) is 2.86. The van der Waals surface area contributed by atoms with Crippen molar-refractivity contribution in [1.82, 2.24) is 14.8 Å². The molecule has 0 saturated carbocycles. The van der Waals surface area contributed by atoms with Crippen molar-refractivity contribution in [3.8, 4) is 0 Å². The molecule has 56 valence electrons. The highest BCUT2D eigenvalue weighted by Crippen LogP contribution is 2.11. The summed E-state index contributed by atoms with van der Waals surface area (Å²) in [6, 6.07) is 0. The normalized spacial score (nSPS) is 10.9. The van der Waals surface area contributed by atoms with Gasteiger partial charge >= 0.3 is 0 Å². The molecule has 0 N–H and O–H groups in total. The molecule has 3 nitrogen and oxygen atoms in total. The van der Waals surface area contributed by atoms with Crippen molar-refractivity contribution >= 4 is 22.6 Å². The van der Waals surface area contributed by atoms with Gasteiger partial charge in [-0.2, -0.15) is 0 Å². The lowest BCUT2D eigenvalue weighted by molar-refractivity contribution is 0.702. The van der Waals surface area contributed by atoms with E-state index in [1.165, 1.54) is 0 Å². The molecule has 4 heteroatoms. The summed E-state index contributed by atoms with van der Waals surface area (Å²) < 4.78 is 2.95. The molecule has 10 heavy (non-hydrogen) atoms. The number of aromatic nitrogens is 3. The van der Waals surface area contributed by atoms with Gasteiger partial charge in [0, 0.05) is 35.6 Å². The van der Waals surface area contributed by atoms with E-state index in [2.05, 4.69) is 46.6 Å². The van der Waals surface area contributed by atoms with Gasteiger partial charge in [-0.15, -0.1) is 10.2 Å². The molecular formula is C6H10IN3. The lowest BCUT2D eigenvalue weighted by Gasteiger charge is -2.02. The minimum absolute atomic E-state index is 0.459. The summed E-state index contributed by atoms with van der Waals surface area (Å²) in [5, 5.41) is 7.96. The predicted molar refractivity (Wildman–Crippen MR) is 47.8 cm³/mol. The van der Waals surface area contributed by atoms with Gasteiger partial charge < -0.3 is 4.57 Å². The molecule has 0 aromatic carbocycles. The van der Waals surface area contributed by atoms with Crippen molar-refractivity contribution in [3.63, 3.8) is 0 Å². The highest BCUT2D eigenvalue weighted by Gasteiger charge is 2.08. The van der Waals surface area contributed by atoms with Crippen LogP contribution in [0.15, 0.2) is 0 Å². The van der Waals surface area contributed by atoms with Crippen LogP contribution >= 0.6 is 22.6 Å². The average molecular weight is 251 g/mol. The molecule has 1 rings (SSSR count). The first-order valence-corrected chi connectivity index (χ1v) is 4.25. The fraction of sp³-hybridized carbons (Fsp3) is 0.667. The van der Waals surface area contributed by atoms with Crippen molar-refractivity contribution in [2.75, 3.05) is 0 Å². The number of rotatable bonds is 1. The molecule has 0 bridgehead atoms. The first kappa shape index (κ1) is 7.97. The maximum atomic E-state index is 4.02. The highest BCUT2D eigenvalue weighted by atomic mass is 127. The van der Waals surface area contributed by atoms with Gasteiger partial charge in [0.15, 0.2) is 3.83 Å². The third kappa shape index (κ3) is 1.31. The highest BCUT2D eigenvalue weighted by molar-refractivity contribution is 14.1. The Balaban J connectivity index is 3.05. The lowest BCUT2D eigenvalue weighted by atomic mass is 10.2.